The molecule has 80 valence electrons. The molecule has 2 rings (SSSR count). The molecule has 0 radical (unpaired) electrons. The van der Waals surface area contributed by atoms with Crippen molar-refractivity contribution in [3.8, 4) is 0 Å². The second-order valence-corrected chi connectivity index (χ2v) is 4.90. The Balaban J connectivity index is 1.91. The summed E-state index contributed by atoms with van der Waals surface area (Å²) in [5, 5.41) is 10.1. The number of aliphatic hydroxyl groups is 1. The minimum absolute atomic E-state index is 0.220. The van der Waals surface area contributed by atoms with Crippen LogP contribution in [0.2, 0.25) is 0 Å². The van der Waals surface area contributed by atoms with Crippen LogP contribution in [0.1, 0.15) is 39.0 Å². The first kappa shape index (κ1) is 9.97. The molecule has 3 nitrogen and oxygen atoms in total. The van der Waals surface area contributed by atoms with Gasteiger partial charge in [-0.1, -0.05) is 0 Å². The predicted octanol–water partition coefficient (Wildman–Crippen LogP) is 1.16. The van der Waals surface area contributed by atoms with Gasteiger partial charge < -0.3 is 10.0 Å². The Labute approximate surface area is 85.1 Å². The molecule has 1 saturated heterocycles. The van der Waals surface area contributed by atoms with Gasteiger partial charge in [0.25, 0.3) is 0 Å². The lowest BCUT2D eigenvalue weighted by atomic mass is 9.98. The number of hydrogen-bond donors (Lipinski definition) is 1. The van der Waals surface area contributed by atoms with Crippen LogP contribution < -0.4 is 0 Å². The van der Waals surface area contributed by atoms with E-state index in [0.717, 1.165) is 32.2 Å². The first-order valence-electron chi connectivity index (χ1n) is 5.60. The van der Waals surface area contributed by atoms with Crippen molar-refractivity contribution in [3.63, 3.8) is 0 Å². The largest absolute Gasteiger partial charge is 0.388 e. The normalized spacial score (nSPS) is 27.6. The van der Waals surface area contributed by atoms with Gasteiger partial charge >= 0.3 is 0 Å². The topological polar surface area (TPSA) is 40.5 Å². The fourth-order valence-electron chi connectivity index (χ4n) is 2.25. The number of nitrogens with zero attached hydrogens (tertiary/aromatic N) is 1. The van der Waals surface area contributed by atoms with Crippen LogP contribution in [0.5, 0.6) is 0 Å². The molecular weight excluding hydrogens is 178 g/mol. The molecule has 1 N–H and O–H groups in total. The van der Waals surface area contributed by atoms with E-state index in [1.165, 1.54) is 0 Å². The maximum atomic E-state index is 11.5. The molecule has 1 saturated carbocycles. The van der Waals surface area contributed by atoms with E-state index in [4.69, 9.17) is 0 Å². The number of amides is 1. The van der Waals surface area contributed by atoms with E-state index >= 15 is 0 Å². The zero-order chi connectivity index (χ0) is 10.2. The molecule has 2 fully saturated rings. The van der Waals surface area contributed by atoms with E-state index in [0.29, 0.717) is 18.9 Å². The molecule has 1 aliphatic carbocycles. The average Bonchev–Trinajstić information content (AvgIpc) is 2.91. The molecule has 14 heavy (non-hydrogen) atoms. The van der Waals surface area contributed by atoms with Crippen molar-refractivity contribution in [3.05, 3.63) is 0 Å². The molecule has 1 aliphatic heterocycles. The van der Waals surface area contributed by atoms with Gasteiger partial charge in [-0.25, -0.2) is 0 Å². The van der Waals surface area contributed by atoms with Crippen molar-refractivity contribution >= 4 is 5.91 Å². The highest BCUT2D eigenvalue weighted by atomic mass is 16.3. The quantitative estimate of drug-likeness (QED) is 0.737. The van der Waals surface area contributed by atoms with Gasteiger partial charge in [0.15, 0.2) is 0 Å². The number of β-amino-alcohol motifs (C(OH)–C–C–N with tert-alkyl or cyclic N) is 1. The highest BCUT2D eigenvalue weighted by molar-refractivity contribution is 5.76. The third-order valence-corrected chi connectivity index (χ3v) is 3.39. The van der Waals surface area contributed by atoms with Crippen LogP contribution in [-0.4, -0.2) is 34.6 Å². The Morgan fingerprint density at radius 1 is 1.50 bits per heavy atom. The molecule has 0 aromatic carbocycles. The number of likely N-dealkylation sites (tertiary alicyclic amines) is 1. The van der Waals surface area contributed by atoms with E-state index in [2.05, 4.69) is 0 Å². The Bertz CT molecular complexity index is 233. The zero-order valence-electron chi connectivity index (χ0n) is 8.83. The lowest BCUT2D eigenvalue weighted by Crippen LogP contribution is -2.47. The number of piperidine rings is 1. The van der Waals surface area contributed by atoms with Gasteiger partial charge in [-0.05, 0) is 38.5 Å². The monoisotopic (exact) mass is 197 g/mol. The van der Waals surface area contributed by atoms with E-state index in [1.54, 1.807) is 0 Å². The molecular formula is C11H19NO2. The van der Waals surface area contributed by atoms with Gasteiger partial charge in [0.05, 0.1) is 5.60 Å². The standard InChI is InChI=1S/C11H19NO2/c1-11(14,9-5-6-9)8-12-7-3-2-4-10(12)13/h9,14H,2-8H2,1H3. The summed E-state index contributed by atoms with van der Waals surface area (Å²) in [4.78, 5) is 13.4. The van der Waals surface area contributed by atoms with Crippen LogP contribution in [0, 0.1) is 5.92 Å². The summed E-state index contributed by atoms with van der Waals surface area (Å²) in [5.74, 6) is 0.648. The van der Waals surface area contributed by atoms with Crippen molar-refractivity contribution in [1.82, 2.24) is 4.90 Å². The molecule has 1 unspecified atom stereocenters. The minimum Gasteiger partial charge on any atom is -0.388 e. The molecule has 1 amide bonds. The number of hydrogen-bond acceptors (Lipinski definition) is 2. The molecule has 0 spiro atoms. The molecule has 0 bridgehead atoms. The van der Waals surface area contributed by atoms with Crippen LogP contribution in [-0.2, 0) is 4.79 Å². The van der Waals surface area contributed by atoms with Gasteiger partial charge in [-0.3, -0.25) is 4.79 Å². The maximum Gasteiger partial charge on any atom is 0.222 e. The van der Waals surface area contributed by atoms with Crippen LogP contribution in [0.3, 0.4) is 0 Å². The fraction of sp³-hybridized carbons (Fsp3) is 0.909. The fourth-order valence-corrected chi connectivity index (χ4v) is 2.25. The summed E-state index contributed by atoms with van der Waals surface area (Å²) >= 11 is 0. The zero-order valence-corrected chi connectivity index (χ0v) is 8.83. The molecule has 2 aliphatic rings. The number of carbonyl (C=O) groups is 1. The third kappa shape index (κ3) is 2.08. The van der Waals surface area contributed by atoms with Crippen molar-refractivity contribution < 1.29 is 9.90 Å². The lowest BCUT2D eigenvalue weighted by Gasteiger charge is -2.34. The first-order valence-corrected chi connectivity index (χ1v) is 5.60. The Morgan fingerprint density at radius 3 is 2.79 bits per heavy atom. The Hall–Kier alpha value is -0.570. The molecule has 0 aromatic heterocycles. The SMILES string of the molecule is CC(O)(CN1CCCCC1=O)C1CC1. The Morgan fingerprint density at radius 2 is 2.21 bits per heavy atom. The number of carbonyl (C=O) groups excluding carboxylic acids is 1. The highest BCUT2D eigenvalue weighted by Gasteiger charge is 2.41. The van der Waals surface area contributed by atoms with E-state index in [9.17, 15) is 9.90 Å². The molecule has 1 heterocycles. The van der Waals surface area contributed by atoms with Gasteiger partial charge in [0.2, 0.25) is 5.91 Å². The van der Waals surface area contributed by atoms with Gasteiger partial charge in [-0.2, -0.15) is 0 Å². The van der Waals surface area contributed by atoms with Crippen molar-refractivity contribution in [1.29, 1.82) is 0 Å². The lowest BCUT2D eigenvalue weighted by molar-refractivity contribution is -0.137. The van der Waals surface area contributed by atoms with E-state index in [1.807, 2.05) is 11.8 Å². The van der Waals surface area contributed by atoms with Gasteiger partial charge in [0, 0.05) is 19.5 Å². The summed E-state index contributed by atoms with van der Waals surface area (Å²) in [6.07, 6.45) is 5.01. The summed E-state index contributed by atoms with van der Waals surface area (Å²) in [6, 6.07) is 0. The van der Waals surface area contributed by atoms with Crippen LogP contribution in [0.15, 0.2) is 0 Å². The molecule has 1 atom stereocenters. The second kappa shape index (κ2) is 3.54. The van der Waals surface area contributed by atoms with Crippen molar-refractivity contribution in [2.45, 2.75) is 44.6 Å². The third-order valence-electron chi connectivity index (χ3n) is 3.39. The van der Waals surface area contributed by atoms with E-state index in [-0.39, 0.29) is 5.91 Å². The van der Waals surface area contributed by atoms with Crippen molar-refractivity contribution in [2.75, 3.05) is 13.1 Å². The van der Waals surface area contributed by atoms with Crippen molar-refractivity contribution in [2.24, 2.45) is 5.92 Å². The van der Waals surface area contributed by atoms with Crippen LogP contribution in [0.4, 0.5) is 0 Å². The maximum absolute atomic E-state index is 11.5. The van der Waals surface area contributed by atoms with Crippen LogP contribution in [0.25, 0.3) is 0 Å². The highest BCUT2D eigenvalue weighted by Crippen LogP contribution is 2.40. The summed E-state index contributed by atoms with van der Waals surface area (Å²) < 4.78 is 0. The summed E-state index contributed by atoms with van der Waals surface area (Å²) in [7, 11) is 0. The number of rotatable bonds is 3. The Kier molecular flexibility index (Phi) is 2.52. The summed E-state index contributed by atoms with van der Waals surface area (Å²) in [6.45, 7) is 3.24. The smallest absolute Gasteiger partial charge is 0.222 e. The first-order chi connectivity index (χ1) is 6.59. The molecule has 0 aromatic rings. The average molecular weight is 197 g/mol. The van der Waals surface area contributed by atoms with Crippen LogP contribution >= 0.6 is 0 Å². The summed E-state index contributed by atoms with van der Waals surface area (Å²) in [5.41, 5.74) is -0.646. The minimum atomic E-state index is -0.646. The van der Waals surface area contributed by atoms with Gasteiger partial charge in [-0.15, -0.1) is 0 Å². The van der Waals surface area contributed by atoms with Gasteiger partial charge in [0.1, 0.15) is 0 Å². The van der Waals surface area contributed by atoms with E-state index < -0.39 is 5.60 Å². The predicted molar refractivity (Wildman–Crippen MR) is 53.8 cm³/mol. The molecule has 3 heteroatoms. The second-order valence-electron chi connectivity index (χ2n) is 4.90.